The van der Waals surface area contributed by atoms with Crippen LogP contribution in [0.5, 0.6) is 5.75 Å². The number of amides is 4. The summed E-state index contributed by atoms with van der Waals surface area (Å²) in [6, 6.07) is 11.4. The Morgan fingerprint density at radius 1 is 1.00 bits per heavy atom. The van der Waals surface area contributed by atoms with Crippen molar-refractivity contribution in [2.24, 2.45) is 0 Å². The number of aryl methyl sites for hydroxylation is 1. The minimum absolute atomic E-state index is 0.0786. The number of nitrogens with one attached hydrogen (secondary N) is 4. The Kier molecular flexibility index (Phi) is 17.7. The average Bonchev–Trinajstić information content (AvgIpc) is 3.68. The molecule has 7 rings (SSSR count). The number of alkyl halides is 1. The summed E-state index contributed by atoms with van der Waals surface area (Å²) in [5.74, 6) is 0.263. The van der Waals surface area contributed by atoms with Crippen molar-refractivity contribution < 1.29 is 37.8 Å². The van der Waals surface area contributed by atoms with Gasteiger partial charge in [-0.25, -0.2) is 14.4 Å². The van der Waals surface area contributed by atoms with Gasteiger partial charge in [0, 0.05) is 68.9 Å². The Hall–Kier alpha value is -5.12. The summed E-state index contributed by atoms with van der Waals surface area (Å²) in [6.45, 7) is 11.3. The van der Waals surface area contributed by atoms with Gasteiger partial charge in [0.05, 0.1) is 61.5 Å². The number of rotatable bonds is 23. The van der Waals surface area contributed by atoms with Crippen molar-refractivity contribution in [2.75, 3.05) is 96.2 Å². The highest BCUT2D eigenvalue weighted by Gasteiger charge is 2.53. The molecule has 4 heterocycles. The Morgan fingerprint density at radius 2 is 1.74 bits per heavy atom. The van der Waals surface area contributed by atoms with Gasteiger partial charge in [-0.2, -0.15) is 16.7 Å². The highest BCUT2D eigenvalue weighted by Crippen LogP contribution is 2.41. The van der Waals surface area contributed by atoms with E-state index in [1.807, 2.05) is 55.4 Å². The fourth-order valence-corrected chi connectivity index (χ4v) is 10.3. The standard InChI is InChI=1S/C48H62ClFN10O7S2/c1-31-39(68-30-54-31)33-10-8-32(9-11-33)28-52-42(61)37-7-6-16-60(37)44(63)40(56-45(64)48(50)14-15-48)47(2,3)69-26-25-67-24-23-66-22-21-58-17-19-59(20-18-58)43(62)34-12-13-36(38(27-34)65-5)55-46-53-29-35(49)41(51-4)57-46/h8-13,27,29-30,37,40H,6-7,14-26,28H2,1-5H3,(H,52,61)(H,56,64)(H2,51,53,55,57). The van der Waals surface area contributed by atoms with Crippen LogP contribution in [-0.2, 0) is 30.4 Å². The third-order valence-corrected chi connectivity index (χ3v) is 15.1. The van der Waals surface area contributed by atoms with Crippen molar-refractivity contribution >= 4 is 75.8 Å². The number of benzene rings is 2. The monoisotopic (exact) mass is 1010 g/mol. The molecule has 2 atom stereocenters. The number of thiazole rings is 1. The van der Waals surface area contributed by atoms with Gasteiger partial charge in [0.15, 0.2) is 5.67 Å². The lowest BCUT2D eigenvalue weighted by Crippen LogP contribution is -2.61. The number of anilines is 3. The van der Waals surface area contributed by atoms with Crippen molar-refractivity contribution in [3.8, 4) is 16.2 Å². The second kappa shape index (κ2) is 23.7. The number of likely N-dealkylation sites (tertiary alicyclic amines) is 1. The number of hydrogen-bond acceptors (Lipinski definition) is 15. The van der Waals surface area contributed by atoms with Gasteiger partial charge < -0.3 is 45.3 Å². The molecule has 17 nitrogen and oxygen atoms in total. The molecule has 2 aromatic heterocycles. The molecule has 69 heavy (non-hydrogen) atoms. The largest absolute Gasteiger partial charge is 0.495 e. The van der Waals surface area contributed by atoms with E-state index < -0.39 is 34.3 Å². The van der Waals surface area contributed by atoms with E-state index >= 15 is 0 Å². The number of hydrogen-bond donors (Lipinski definition) is 4. The normalized spacial score (nSPS) is 17.3. The molecule has 21 heteroatoms. The van der Waals surface area contributed by atoms with Crippen molar-refractivity contribution in [1.29, 1.82) is 0 Å². The minimum Gasteiger partial charge on any atom is -0.495 e. The maximum absolute atomic E-state index is 15.0. The van der Waals surface area contributed by atoms with E-state index in [9.17, 15) is 23.6 Å². The van der Waals surface area contributed by atoms with E-state index in [1.54, 1.807) is 41.5 Å². The predicted molar refractivity (Wildman–Crippen MR) is 267 cm³/mol. The van der Waals surface area contributed by atoms with Gasteiger partial charge in [0.1, 0.15) is 28.7 Å². The van der Waals surface area contributed by atoms with Gasteiger partial charge in [0.25, 0.3) is 11.8 Å². The third kappa shape index (κ3) is 13.4. The van der Waals surface area contributed by atoms with Crippen LogP contribution in [0.3, 0.4) is 0 Å². The van der Waals surface area contributed by atoms with E-state index in [2.05, 4.69) is 41.1 Å². The molecule has 4 aromatic rings. The number of carbonyl (C=O) groups is 4. The maximum Gasteiger partial charge on any atom is 0.258 e. The third-order valence-electron chi connectivity index (χ3n) is 12.5. The molecule has 1 aliphatic carbocycles. The highest BCUT2D eigenvalue weighted by molar-refractivity contribution is 8.00. The first-order chi connectivity index (χ1) is 33.2. The molecule has 2 aromatic carbocycles. The van der Waals surface area contributed by atoms with Crippen LogP contribution in [0.2, 0.25) is 5.02 Å². The summed E-state index contributed by atoms with van der Waals surface area (Å²) < 4.78 is 31.5. The van der Waals surface area contributed by atoms with Gasteiger partial charge >= 0.3 is 0 Å². The molecule has 0 radical (unpaired) electrons. The van der Waals surface area contributed by atoms with Crippen LogP contribution < -0.4 is 26.0 Å². The summed E-state index contributed by atoms with van der Waals surface area (Å²) in [4.78, 5) is 74.0. The average molecular weight is 1010 g/mol. The van der Waals surface area contributed by atoms with Gasteiger partial charge in [-0.3, -0.25) is 24.1 Å². The zero-order valence-electron chi connectivity index (χ0n) is 39.8. The fraction of sp³-hybridized carbons (Fsp3) is 0.521. The second-order valence-corrected chi connectivity index (χ2v) is 20.7. The van der Waals surface area contributed by atoms with E-state index in [4.69, 9.17) is 25.8 Å². The van der Waals surface area contributed by atoms with Gasteiger partial charge in [-0.05, 0) is 75.8 Å². The fourth-order valence-electron chi connectivity index (χ4n) is 8.23. The summed E-state index contributed by atoms with van der Waals surface area (Å²) in [6.07, 6.45) is 2.86. The number of piperazine rings is 1. The molecular weight excluding hydrogens is 947 g/mol. The summed E-state index contributed by atoms with van der Waals surface area (Å²) in [5.41, 5.74) is 3.93. The summed E-state index contributed by atoms with van der Waals surface area (Å²) in [7, 11) is 3.26. The molecule has 372 valence electrons. The van der Waals surface area contributed by atoms with E-state index in [0.29, 0.717) is 125 Å². The number of carbonyl (C=O) groups excluding carboxylic acids is 4. The van der Waals surface area contributed by atoms with E-state index in [-0.39, 0.29) is 24.7 Å². The molecule has 0 spiro atoms. The molecule has 2 aliphatic heterocycles. The topological polar surface area (TPSA) is 192 Å². The molecular formula is C48H62ClFN10O7S2. The first-order valence-corrected chi connectivity index (χ1v) is 25.5. The lowest BCUT2D eigenvalue weighted by Gasteiger charge is -2.37. The molecule has 2 saturated heterocycles. The van der Waals surface area contributed by atoms with Crippen molar-refractivity contribution in [3.63, 3.8) is 0 Å². The quantitative estimate of drug-likeness (QED) is 0.0637. The van der Waals surface area contributed by atoms with E-state index in [0.717, 1.165) is 21.7 Å². The number of aromatic nitrogens is 3. The molecule has 4 N–H and O–H groups in total. The number of halogens is 2. The number of thioether (sulfide) groups is 1. The minimum atomic E-state index is -1.97. The molecule has 1 saturated carbocycles. The Balaban J connectivity index is 0.803. The molecule has 4 amide bonds. The van der Waals surface area contributed by atoms with Crippen molar-refractivity contribution in [2.45, 2.75) is 75.5 Å². The zero-order chi connectivity index (χ0) is 49.1. The second-order valence-electron chi connectivity index (χ2n) is 17.7. The van der Waals surface area contributed by atoms with Crippen LogP contribution in [0.15, 0.2) is 54.2 Å². The van der Waals surface area contributed by atoms with Gasteiger partial charge in [-0.15, -0.1) is 11.3 Å². The lowest BCUT2D eigenvalue weighted by atomic mass is 10.00. The first-order valence-electron chi connectivity index (χ1n) is 23.2. The van der Waals surface area contributed by atoms with Gasteiger partial charge in [0.2, 0.25) is 17.8 Å². The Labute approximate surface area is 416 Å². The van der Waals surface area contributed by atoms with Crippen LogP contribution >= 0.6 is 34.7 Å². The lowest BCUT2D eigenvalue weighted by molar-refractivity contribution is -0.143. The summed E-state index contributed by atoms with van der Waals surface area (Å²) >= 11 is 9.14. The Bertz CT molecular complexity index is 2420. The maximum atomic E-state index is 15.0. The number of nitrogens with zero attached hydrogens (tertiary/aromatic N) is 6. The number of ether oxygens (including phenoxy) is 3. The Morgan fingerprint density at radius 3 is 2.42 bits per heavy atom. The highest BCUT2D eigenvalue weighted by atomic mass is 35.5. The first kappa shape index (κ1) is 51.7. The molecule has 3 fully saturated rings. The van der Waals surface area contributed by atoms with Crippen LogP contribution in [0.1, 0.15) is 61.1 Å². The zero-order valence-corrected chi connectivity index (χ0v) is 42.2. The molecule has 2 unspecified atom stereocenters. The van der Waals surface area contributed by atoms with E-state index in [1.165, 1.54) is 25.1 Å². The smallest absolute Gasteiger partial charge is 0.258 e. The summed E-state index contributed by atoms with van der Waals surface area (Å²) in [5, 5.41) is 12.2. The van der Waals surface area contributed by atoms with Crippen LogP contribution in [0.4, 0.5) is 21.8 Å². The van der Waals surface area contributed by atoms with Crippen molar-refractivity contribution in [3.05, 3.63) is 76.0 Å². The van der Waals surface area contributed by atoms with Crippen LogP contribution in [0.25, 0.3) is 10.4 Å². The molecule has 3 aliphatic rings. The van der Waals surface area contributed by atoms with Gasteiger partial charge in [-0.1, -0.05) is 35.9 Å². The SMILES string of the molecule is CNc1nc(Nc2ccc(C(=O)N3CCN(CCOCCOCCSC(C)(C)C(NC(=O)C4(F)CC4)C(=O)N4CCCC4C(=O)NCc4ccc(-c5scnc5C)cc4)CC3)cc2OC)ncc1Cl. The number of methoxy groups -OCH3 is 1. The molecule has 0 bridgehead atoms. The predicted octanol–water partition coefficient (Wildman–Crippen LogP) is 5.95. The van der Waals surface area contributed by atoms with Crippen LogP contribution in [-0.4, -0.2) is 161 Å². The van der Waals surface area contributed by atoms with Crippen molar-refractivity contribution in [1.82, 2.24) is 40.3 Å². The van der Waals surface area contributed by atoms with Crippen LogP contribution in [0, 0.1) is 6.92 Å².